The molecular weight excluding hydrogens is 235 g/mol. The van der Waals surface area contributed by atoms with Crippen LogP contribution in [0.2, 0.25) is 0 Å². The number of hydrogen-bond donors (Lipinski definition) is 0. The Morgan fingerprint density at radius 3 is 1.30 bits per heavy atom. The van der Waals surface area contributed by atoms with Gasteiger partial charge < -0.3 is 0 Å². The van der Waals surface area contributed by atoms with Gasteiger partial charge in [-0.2, -0.15) is 8.78 Å². The highest BCUT2D eigenvalue weighted by Crippen LogP contribution is 2.49. The molecule has 0 saturated heterocycles. The number of halogens is 7. The maximum atomic E-state index is 12.3. The smallest absolute Gasteiger partial charge is 0.214 e. The molecule has 0 rings (SSSR count). The number of hydrogen-bond acceptors (Lipinski definition) is 0. The van der Waals surface area contributed by atoms with E-state index in [1.165, 1.54) is 0 Å². The molecule has 0 fully saturated rings. The summed E-state index contributed by atoms with van der Waals surface area (Å²) in [6, 6.07) is 0. The van der Waals surface area contributed by atoms with Crippen LogP contribution in [0.15, 0.2) is 0 Å². The van der Waals surface area contributed by atoms with Crippen molar-refractivity contribution in [3.63, 3.8) is 0 Å². The van der Waals surface area contributed by atoms with Crippen LogP contribution in [0, 0.1) is 4.84 Å². The largest absolute Gasteiger partial charge is 0.372 e. The molecule has 7 heteroatoms. The molecule has 1 atom stereocenters. The van der Waals surface area contributed by atoms with E-state index in [4.69, 9.17) is 0 Å². The lowest BCUT2D eigenvalue weighted by atomic mass is 10.4. The van der Waals surface area contributed by atoms with Gasteiger partial charge >= 0.3 is 5.38 Å². The first kappa shape index (κ1) is 11.0. The predicted molar refractivity (Wildman–Crippen MR) is 35.4 cm³/mol. The van der Waals surface area contributed by atoms with Crippen LogP contribution in [0.3, 0.4) is 0 Å². The maximum absolute atomic E-state index is 12.3. The summed E-state index contributed by atoms with van der Waals surface area (Å²) in [5.74, 6) is 0. The van der Waals surface area contributed by atoms with Gasteiger partial charge in [-0.25, -0.2) is 4.39 Å². The fraction of sp³-hybridized carbons (Fsp3) is 0.667. The van der Waals surface area contributed by atoms with Gasteiger partial charge in [0.2, 0.25) is 4.84 Å². The highest BCUT2D eigenvalue weighted by atomic mass is 35.5. The highest BCUT2D eigenvalue weighted by molar-refractivity contribution is 6.58. The highest BCUT2D eigenvalue weighted by Gasteiger charge is 2.58. The monoisotopic (exact) mass is 233 g/mol. The van der Waals surface area contributed by atoms with E-state index in [9.17, 15) is 13.2 Å². The van der Waals surface area contributed by atoms with Crippen molar-refractivity contribution < 1.29 is 13.2 Å². The Kier molecular flexibility index (Phi) is 3.43. The summed E-state index contributed by atoms with van der Waals surface area (Å²) in [4.78, 5) is -1.32. The molecule has 1 unspecified atom stereocenters. The van der Waals surface area contributed by atoms with Crippen LogP contribution in [0.25, 0.3) is 0 Å². The van der Waals surface area contributed by atoms with Crippen LogP contribution in [0.5, 0.6) is 0 Å². The van der Waals surface area contributed by atoms with Crippen molar-refractivity contribution in [2.24, 2.45) is 0 Å². The Morgan fingerprint density at radius 1 is 1.00 bits per heavy atom. The van der Waals surface area contributed by atoms with Crippen LogP contribution in [0.1, 0.15) is 0 Å². The van der Waals surface area contributed by atoms with Crippen LogP contribution < -0.4 is 0 Å². The molecular formula is C3Cl4F3. The Balaban J connectivity index is 4.40. The van der Waals surface area contributed by atoms with Crippen molar-refractivity contribution in [1.82, 2.24) is 0 Å². The van der Waals surface area contributed by atoms with Gasteiger partial charge in [0.1, 0.15) is 0 Å². The van der Waals surface area contributed by atoms with E-state index >= 15 is 0 Å². The molecule has 0 aliphatic carbocycles. The molecule has 0 aliphatic heterocycles. The SMILES string of the molecule is FC(F)(Cl)C(F)(Cl)[C](Cl)Cl. The minimum Gasteiger partial charge on any atom is -0.214 e. The molecule has 0 nitrogen and oxygen atoms in total. The standard InChI is InChI=1S/C3Cl4F3/c4-1(5)2(6,8)3(7,9)10. The second kappa shape index (κ2) is 3.13. The van der Waals surface area contributed by atoms with Crippen molar-refractivity contribution in [2.75, 3.05) is 0 Å². The summed E-state index contributed by atoms with van der Waals surface area (Å²) >= 11 is 18.0. The average Bonchev–Trinajstić information content (AvgIpc) is 1.62. The van der Waals surface area contributed by atoms with Crippen LogP contribution in [0.4, 0.5) is 13.2 Å². The quantitative estimate of drug-likeness (QED) is 0.640. The van der Waals surface area contributed by atoms with Gasteiger partial charge in [0.05, 0.1) is 0 Å². The first-order valence-corrected chi connectivity index (χ1v) is 3.33. The van der Waals surface area contributed by atoms with E-state index in [1.807, 2.05) is 0 Å². The molecule has 0 N–H and O–H groups in total. The third-order valence-corrected chi connectivity index (χ3v) is 2.09. The maximum Gasteiger partial charge on any atom is 0.372 e. The molecule has 0 bridgehead atoms. The Labute approximate surface area is 75.2 Å². The zero-order valence-electron chi connectivity index (χ0n) is 4.15. The van der Waals surface area contributed by atoms with Gasteiger partial charge in [-0.15, -0.1) is 0 Å². The first-order valence-electron chi connectivity index (χ1n) is 1.82. The Bertz CT molecular complexity index is 117. The topological polar surface area (TPSA) is 0 Å². The van der Waals surface area contributed by atoms with Crippen molar-refractivity contribution in [3.05, 3.63) is 4.84 Å². The lowest BCUT2D eigenvalue weighted by Crippen LogP contribution is -2.36. The molecule has 0 saturated carbocycles. The summed E-state index contributed by atoms with van der Waals surface area (Å²) in [6.07, 6.45) is 0. The van der Waals surface area contributed by atoms with Gasteiger partial charge in [-0.05, 0) is 11.6 Å². The van der Waals surface area contributed by atoms with E-state index in [1.54, 1.807) is 0 Å². The normalized spacial score (nSPS) is 19.2. The third-order valence-electron chi connectivity index (χ3n) is 0.593. The molecule has 0 aromatic heterocycles. The summed E-state index contributed by atoms with van der Waals surface area (Å²) in [5.41, 5.74) is 0. The number of rotatable bonds is 2. The second-order valence-electron chi connectivity index (χ2n) is 1.33. The van der Waals surface area contributed by atoms with Crippen LogP contribution in [-0.4, -0.2) is 10.5 Å². The fourth-order valence-corrected chi connectivity index (χ4v) is 0.536. The van der Waals surface area contributed by atoms with Gasteiger partial charge in [0.15, 0.2) is 0 Å². The molecule has 0 amide bonds. The molecule has 10 heavy (non-hydrogen) atoms. The fourth-order valence-electron chi connectivity index (χ4n) is 0.107. The van der Waals surface area contributed by atoms with E-state index in [0.29, 0.717) is 0 Å². The van der Waals surface area contributed by atoms with E-state index < -0.39 is 15.3 Å². The van der Waals surface area contributed by atoms with Gasteiger partial charge in [-0.1, -0.05) is 34.8 Å². The van der Waals surface area contributed by atoms with Crippen molar-refractivity contribution in [2.45, 2.75) is 10.5 Å². The minimum atomic E-state index is -4.31. The molecule has 0 heterocycles. The predicted octanol–water partition coefficient (Wildman–Crippen LogP) is 3.69. The summed E-state index contributed by atoms with van der Waals surface area (Å²) < 4.78 is 35.9. The average molecular weight is 235 g/mol. The van der Waals surface area contributed by atoms with Gasteiger partial charge in [0.25, 0.3) is 5.13 Å². The number of alkyl halides is 5. The molecule has 61 valence electrons. The van der Waals surface area contributed by atoms with Gasteiger partial charge in [0, 0.05) is 0 Å². The Hall–Kier alpha value is 0.950. The summed E-state index contributed by atoms with van der Waals surface area (Å²) in [7, 11) is 0. The first-order chi connectivity index (χ1) is 4.19. The minimum absolute atomic E-state index is 1.32. The lowest BCUT2D eigenvalue weighted by Gasteiger charge is -2.21. The lowest BCUT2D eigenvalue weighted by molar-refractivity contribution is -0.000694. The van der Waals surface area contributed by atoms with E-state index in [2.05, 4.69) is 46.4 Å². The van der Waals surface area contributed by atoms with Gasteiger partial charge in [-0.3, -0.25) is 0 Å². The summed E-state index contributed by atoms with van der Waals surface area (Å²) in [5, 5.41) is -8.02. The molecule has 0 aromatic carbocycles. The van der Waals surface area contributed by atoms with Crippen molar-refractivity contribution in [1.29, 1.82) is 0 Å². The molecule has 0 aliphatic rings. The Morgan fingerprint density at radius 2 is 1.30 bits per heavy atom. The van der Waals surface area contributed by atoms with Crippen LogP contribution >= 0.6 is 46.4 Å². The second-order valence-corrected chi connectivity index (χ2v) is 3.28. The zero-order valence-corrected chi connectivity index (χ0v) is 7.17. The molecule has 0 aromatic rings. The zero-order chi connectivity index (χ0) is 8.58. The van der Waals surface area contributed by atoms with Crippen LogP contribution in [-0.2, 0) is 0 Å². The third kappa shape index (κ3) is 2.22. The van der Waals surface area contributed by atoms with E-state index in [-0.39, 0.29) is 0 Å². The summed E-state index contributed by atoms with van der Waals surface area (Å²) in [6.45, 7) is 0. The van der Waals surface area contributed by atoms with Crippen molar-refractivity contribution in [3.8, 4) is 0 Å². The van der Waals surface area contributed by atoms with E-state index in [0.717, 1.165) is 0 Å². The molecule has 1 radical (unpaired) electrons. The van der Waals surface area contributed by atoms with Crippen molar-refractivity contribution >= 4 is 46.4 Å². The molecule has 0 spiro atoms.